The van der Waals surface area contributed by atoms with E-state index >= 15 is 0 Å². The van der Waals surface area contributed by atoms with Gasteiger partial charge in [-0.05, 0) is 38.8 Å². The van der Waals surface area contributed by atoms with E-state index in [0.717, 1.165) is 42.1 Å². The van der Waals surface area contributed by atoms with E-state index in [1.54, 1.807) is 0 Å². The molecule has 0 saturated heterocycles. The van der Waals surface area contributed by atoms with Crippen molar-refractivity contribution >= 4 is 16.7 Å². The molecule has 0 unspecified atom stereocenters. The van der Waals surface area contributed by atoms with E-state index in [2.05, 4.69) is 10.3 Å². The van der Waals surface area contributed by atoms with Gasteiger partial charge < -0.3 is 10.3 Å². The number of Topliss-reactive ketones (excluding diaryl/α,β-unsaturated/α-hetero) is 1. The Morgan fingerprint density at radius 2 is 1.95 bits per heavy atom. The SMILES string of the molecule is CNC1CCC(C(=O)c2c[nH]c3ccccc23)CC1. The van der Waals surface area contributed by atoms with Gasteiger partial charge in [-0.25, -0.2) is 0 Å². The Balaban J connectivity index is 1.81. The number of ketones is 1. The summed E-state index contributed by atoms with van der Waals surface area (Å²) in [5, 5.41) is 4.37. The second-order valence-electron chi connectivity index (χ2n) is 5.45. The zero-order valence-corrected chi connectivity index (χ0v) is 11.3. The van der Waals surface area contributed by atoms with Crippen LogP contribution < -0.4 is 5.32 Å². The van der Waals surface area contributed by atoms with Crippen LogP contribution in [0.4, 0.5) is 0 Å². The number of H-pyrrole nitrogens is 1. The Hall–Kier alpha value is -1.61. The minimum absolute atomic E-state index is 0.198. The first-order chi connectivity index (χ1) is 9.29. The lowest BCUT2D eigenvalue weighted by Crippen LogP contribution is -2.32. The van der Waals surface area contributed by atoms with Gasteiger partial charge in [0.05, 0.1) is 0 Å². The molecule has 1 saturated carbocycles. The standard InChI is InChI=1S/C16H20N2O/c1-17-12-8-6-11(7-9-12)16(19)14-10-18-15-5-3-2-4-13(14)15/h2-5,10-12,17-18H,6-9H2,1H3. The number of para-hydroxylation sites is 1. The van der Waals surface area contributed by atoms with E-state index in [1.165, 1.54) is 0 Å². The Morgan fingerprint density at radius 1 is 1.21 bits per heavy atom. The van der Waals surface area contributed by atoms with Crippen LogP contribution in [0.3, 0.4) is 0 Å². The van der Waals surface area contributed by atoms with Gasteiger partial charge in [-0.2, -0.15) is 0 Å². The predicted octanol–water partition coefficient (Wildman–Crippen LogP) is 3.13. The van der Waals surface area contributed by atoms with Crippen molar-refractivity contribution < 1.29 is 4.79 Å². The van der Waals surface area contributed by atoms with Crippen molar-refractivity contribution in [3.8, 4) is 0 Å². The van der Waals surface area contributed by atoms with E-state index in [1.807, 2.05) is 37.5 Å². The van der Waals surface area contributed by atoms with Gasteiger partial charge in [0.2, 0.25) is 0 Å². The van der Waals surface area contributed by atoms with Crippen LogP contribution in [-0.4, -0.2) is 23.9 Å². The van der Waals surface area contributed by atoms with Crippen molar-refractivity contribution in [2.24, 2.45) is 5.92 Å². The van der Waals surface area contributed by atoms with E-state index in [-0.39, 0.29) is 5.92 Å². The van der Waals surface area contributed by atoms with Crippen LogP contribution >= 0.6 is 0 Å². The van der Waals surface area contributed by atoms with Gasteiger partial charge in [0.25, 0.3) is 0 Å². The molecule has 1 aromatic carbocycles. The van der Waals surface area contributed by atoms with Gasteiger partial charge in [0, 0.05) is 34.6 Å². The third-order valence-corrected chi connectivity index (χ3v) is 4.36. The summed E-state index contributed by atoms with van der Waals surface area (Å²) in [5.74, 6) is 0.510. The number of hydrogen-bond donors (Lipinski definition) is 2. The second-order valence-corrected chi connectivity index (χ2v) is 5.45. The van der Waals surface area contributed by atoms with Crippen LogP contribution in [0.2, 0.25) is 0 Å². The molecule has 3 rings (SSSR count). The zero-order chi connectivity index (χ0) is 13.2. The quantitative estimate of drug-likeness (QED) is 0.829. The zero-order valence-electron chi connectivity index (χ0n) is 11.3. The summed E-state index contributed by atoms with van der Waals surface area (Å²) in [6.07, 6.45) is 6.09. The number of fused-ring (bicyclic) bond motifs is 1. The average molecular weight is 256 g/mol. The van der Waals surface area contributed by atoms with Gasteiger partial charge in [0.15, 0.2) is 5.78 Å². The predicted molar refractivity (Wildman–Crippen MR) is 77.4 cm³/mol. The highest BCUT2D eigenvalue weighted by Crippen LogP contribution is 2.29. The molecule has 0 amide bonds. The molecule has 0 aliphatic heterocycles. The third kappa shape index (κ3) is 2.30. The Kier molecular flexibility index (Phi) is 3.38. The molecular weight excluding hydrogens is 236 g/mol. The van der Waals surface area contributed by atoms with Gasteiger partial charge in [-0.15, -0.1) is 0 Å². The van der Waals surface area contributed by atoms with Crippen molar-refractivity contribution in [2.45, 2.75) is 31.7 Å². The van der Waals surface area contributed by atoms with Crippen molar-refractivity contribution in [1.82, 2.24) is 10.3 Å². The molecule has 0 spiro atoms. The Labute approximate surface area is 113 Å². The summed E-state index contributed by atoms with van der Waals surface area (Å²) >= 11 is 0. The third-order valence-electron chi connectivity index (χ3n) is 4.36. The topological polar surface area (TPSA) is 44.9 Å². The lowest BCUT2D eigenvalue weighted by atomic mass is 9.81. The molecule has 1 aromatic heterocycles. The van der Waals surface area contributed by atoms with Crippen molar-refractivity contribution in [3.05, 3.63) is 36.0 Å². The van der Waals surface area contributed by atoms with Crippen LogP contribution in [0.15, 0.2) is 30.5 Å². The first-order valence-electron chi connectivity index (χ1n) is 7.07. The van der Waals surface area contributed by atoms with Crippen molar-refractivity contribution in [3.63, 3.8) is 0 Å². The highest BCUT2D eigenvalue weighted by molar-refractivity contribution is 6.08. The van der Waals surface area contributed by atoms with Gasteiger partial charge >= 0.3 is 0 Å². The molecule has 1 heterocycles. The summed E-state index contributed by atoms with van der Waals surface area (Å²) in [4.78, 5) is 15.8. The van der Waals surface area contributed by atoms with E-state index in [0.29, 0.717) is 11.8 Å². The van der Waals surface area contributed by atoms with E-state index < -0.39 is 0 Å². The van der Waals surface area contributed by atoms with E-state index in [4.69, 9.17) is 0 Å². The average Bonchev–Trinajstić information content (AvgIpc) is 2.90. The van der Waals surface area contributed by atoms with Crippen LogP contribution in [0.1, 0.15) is 36.0 Å². The number of nitrogens with one attached hydrogen (secondary N) is 2. The fourth-order valence-electron chi connectivity index (χ4n) is 3.14. The maximum atomic E-state index is 12.6. The number of aromatic nitrogens is 1. The van der Waals surface area contributed by atoms with Crippen molar-refractivity contribution in [2.75, 3.05) is 7.05 Å². The van der Waals surface area contributed by atoms with Gasteiger partial charge in [-0.3, -0.25) is 4.79 Å². The maximum absolute atomic E-state index is 12.6. The summed E-state index contributed by atoms with van der Waals surface area (Å²) in [7, 11) is 2.01. The van der Waals surface area contributed by atoms with Crippen molar-refractivity contribution in [1.29, 1.82) is 0 Å². The summed E-state index contributed by atoms with van der Waals surface area (Å²) in [5.41, 5.74) is 1.92. The highest BCUT2D eigenvalue weighted by atomic mass is 16.1. The Bertz CT molecular complexity index is 579. The summed E-state index contributed by atoms with van der Waals surface area (Å²) < 4.78 is 0. The number of carbonyl (C=O) groups excluding carboxylic acids is 1. The summed E-state index contributed by atoms with van der Waals surface area (Å²) in [6, 6.07) is 8.62. The number of benzene rings is 1. The number of rotatable bonds is 3. The monoisotopic (exact) mass is 256 g/mol. The molecule has 0 bridgehead atoms. The number of hydrogen-bond acceptors (Lipinski definition) is 2. The molecule has 1 aliphatic carbocycles. The normalized spacial score (nSPS) is 23.6. The molecule has 0 atom stereocenters. The molecule has 3 nitrogen and oxygen atoms in total. The van der Waals surface area contributed by atoms with Gasteiger partial charge in [-0.1, -0.05) is 18.2 Å². The lowest BCUT2D eigenvalue weighted by Gasteiger charge is -2.27. The van der Waals surface area contributed by atoms with Gasteiger partial charge in [0.1, 0.15) is 0 Å². The van der Waals surface area contributed by atoms with Crippen LogP contribution in [0.5, 0.6) is 0 Å². The molecule has 2 N–H and O–H groups in total. The molecule has 3 heteroatoms. The molecule has 2 aromatic rings. The van der Waals surface area contributed by atoms with Crippen LogP contribution in [0, 0.1) is 5.92 Å². The smallest absolute Gasteiger partial charge is 0.168 e. The summed E-state index contributed by atoms with van der Waals surface area (Å²) in [6.45, 7) is 0. The lowest BCUT2D eigenvalue weighted by molar-refractivity contribution is 0.0882. The van der Waals surface area contributed by atoms with Crippen LogP contribution in [-0.2, 0) is 0 Å². The van der Waals surface area contributed by atoms with E-state index in [9.17, 15) is 4.79 Å². The Morgan fingerprint density at radius 3 is 2.68 bits per heavy atom. The number of aromatic amines is 1. The first kappa shape index (κ1) is 12.4. The minimum Gasteiger partial charge on any atom is -0.360 e. The molecule has 1 fully saturated rings. The molecular formula is C16H20N2O. The molecule has 0 radical (unpaired) electrons. The largest absolute Gasteiger partial charge is 0.360 e. The molecule has 1 aliphatic rings. The minimum atomic E-state index is 0.198. The van der Waals surface area contributed by atoms with Crippen LogP contribution in [0.25, 0.3) is 10.9 Å². The highest BCUT2D eigenvalue weighted by Gasteiger charge is 2.27. The number of carbonyl (C=O) groups is 1. The molecule has 19 heavy (non-hydrogen) atoms. The maximum Gasteiger partial charge on any atom is 0.168 e. The fourth-order valence-corrected chi connectivity index (χ4v) is 3.14. The first-order valence-corrected chi connectivity index (χ1v) is 7.07. The molecule has 100 valence electrons. The fraction of sp³-hybridized carbons (Fsp3) is 0.438. The second kappa shape index (κ2) is 5.17.